The lowest BCUT2D eigenvalue weighted by molar-refractivity contribution is 0.588. The van der Waals surface area contributed by atoms with Crippen molar-refractivity contribution in [2.24, 2.45) is 0 Å². The van der Waals surface area contributed by atoms with Crippen LogP contribution in [0.1, 0.15) is 48.6 Å². The Bertz CT molecular complexity index is 2880. The highest BCUT2D eigenvalue weighted by molar-refractivity contribution is 7.18. The van der Waals surface area contributed by atoms with E-state index in [1.54, 1.807) is 11.3 Å². The van der Waals surface area contributed by atoms with Crippen LogP contribution in [0.4, 0.5) is 22.9 Å². The van der Waals surface area contributed by atoms with Crippen molar-refractivity contribution in [2.75, 3.05) is 16.5 Å². The highest BCUT2D eigenvalue weighted by Crippen LogP contribution is 2.45. The molecular formula is C51H41N5S. The molecule has 10 rings (SSSR count). The normalized spacial score (nSPS) is 12.7. The van der Waals surface area contributed by atoms with Crippen molar-refractivity contribution in [3.63, 3.8) is 0 Å². The Hall–Kier alpha value is -6.76. The third kappa shape index (κ3) is 6.19. The SMILES string of the molecule is CC(C)(C)c1ccnc(-n2c3cc(C(=C(c4ccccc4)c4ccccc4)c4cccc(N5CN(c6ccccc6)c6cccnc65)c4)ccc3c3sccc32)c1. The van der Waals surface area contributed by atoms with Crippen molar-refractivity contribution in [1.82, 2.24) is 14.5 Å². The molecule has 0 unspecified atom stereocenters. The predicted octanol–water partition coefficient (Wildman–Crippen LogP) is 13.2. The van der Waals surface area contributed by atoms with E-state index in [9.17, 15) is 0 Å². The third-order valence-electron chi connectivity index (χ3n) is 11.0. The molecule has 9 aromatic rings. The third-order valence-corrected chi connectivity index (χ3v) is 11.9. The monoisotopic (exact) mass is 755 g/mol. The molecule has 276 valence electrons. The van der Waals surface area contributed by atoms with Crippen LogP contribution in [0.15, 0.2) is 182 Å². The van der Waals surface area contributed by atoms with Crippen molar-refractivity contribution in [3.8, 4) is 5.82 Å². The van der Waals surface area contributed by atoms with Crippen LogP contribution in [0.25, 0.3) is 38.1 Å². The standard InChI is InChI=1S/C51H41N5S/c1-51(2,3)39-26-29-52-46(33-39)56-43-27-30-57-49(43)42-25-24-38(32-45(42)56)48(47(35-15-7-4-8-16-35)36-17-9-5-10-18-36)37-19-13-22-41(31-37)55-34-54(40-20-11-6-12-21-40)44-23-14-28-53-50(44)55/h4-33H,34H2,1-3H3. The molecule has 57 heavy (non-hydrogen) atoms. The van der Waals surface area contributed by atoms with Gasteiger partial charge in [-0.2, -0.15) is 0 Å². The van der Waals surface area contributed by atoms with E-state index in [0.29, 0.717) is 6.67 Å². The van der Waals surface area contributed by atoms with Gasteiger partial charge in [-0.25, -0.2) is 9.97 Å². The van der Waals surface area contributed by atoms with E-state index in [-0.39, 0.29) is 5.41 Å². The minimum absolute atomic E-state index is 0.00966. The van der Waals surface area contributed by atoms with Crippen molar-refractivity contribution < 1.29 is 0 Å². The maximum Gasteiger partial charge on any atom is 0.158 e. The number of rotatable bonds is 7. The zero-order valence-electron chi connectivity index (χ0n) is 32.2. The highest BCUT2D eigenvalue weighted by atomic mass is 32.1. The second kappa shape index (κ2) is 14.1. The second-order valence-electron chi connectivity index (χ2n) is 15.6. The summed E-state index contributed by atoms with van der Waals surface area (Å²) in [5, 5.41) is 3.41. The first-order valence-corrected chi connectivity index (χ1v) is 20.3. The molecular weight excluding hydrogens is 715 g/mol. The molecule has 4 aromatic heterocycles. The Morgan fingerprint density at radius 1 is 0.544 bits per heavy atom. The fraction of sp³-hybridized carbons (Fsp3) is 0.0980. The van der Waals surface area contributed by atoms with Gasteiger partial charge in [0.25, 0.3) is 0 Å². The molecule has 5 heterocycles. The molecule has 1 aliphatic heterocycles. The molecule has 5 nitrogen and oxygen atoms in total. The first-order chi connectivity index (χ1) is 27.9. The lowest BCUT2D eigenvalue weighted by Crippen LogP contribution is -2.24. The van der Waals surface area contributed by atoms with Gasteiger partial charge >= 0.3 is 0 Å². The van der Waals surface area contributed by atoms with Crippen LogP contribution in [0.2, 0.25) is 0 Å². The smallest absolute Gasteiger partial charge is 0.158 e. The van der Waals surface area contributed by atoms with E-state index in [4.69, 9.17) is 9.97 Å². The number of pyridine rings is 2. The molecule has 0 bridgehead atoms. The molecule has 0 aliphatic carbocycles. The molecule has 0 atom stereocenters. The van der Waals surface area contributed by atoms with Crippen LogP contribution in [0.5, 0.6) is 0 Å². The molecule has 5 aromatic carbocycles. The number of hydrogen-bond acceptors (Lipinski definition) is 5. The summed E-state index contributed by atoms with van der Waals surface area (Å²) in [5.74, 6) is 1.87. The molecule has 0 N–H and O–H groups in total. The summed E-state index contributed by atoms with van der Waals surface area (Å²) in [5.41, 5.74) is 13.8. The summed E-state index contributed by atoms with van der Waals surface area (Å²) < 4.78 is 3.62. The summed E-state index contributed by atoms with van der Waals surface area (Å²) in [6, 6.07) is 59.0. The molecule has 0 saturated carbocycles. The maximum absolute atomic E-state index is 4.98. The van der Waals surface area contributed by atoms with Gasteiger partial charge in [0.05, 0.1) is 21.4 Å². The quantitative estimate of drug-likeness (QED) is 0.152. The Morgan fingerprint density at radius 3 is 1.95 bits per heavy atom. The van der Waals surface area contributed by atoms with E-state index in [1.165, 1.54) is 26.7 Å². The lowest BCUT2D eigenvalue weighted by Gasteiger charge is -2.23. The molecule has 0 saturated heterocycles. The number of fused-ring (bicyclic) bond motifs is 4. The lowest BCUT2D eigenvalue weighted by atomic mass is 9.85. The van der Waals surface area contributed by atoms with E-state index in [2.05, 4.69) is 198 Å². The van der Waals surface area contributed by atoms with Crippen molar-refractivity contribution in [2.45, 2.75) is 26.2 Å². The van der Waals surface area contributed by atoms with E-state index < -0.39 is 0 Å². The van der Waals surface area contributed by atoms with Gasteiger partial charge in [0.2, 0.25) is 0 Å². The summed E-state index contributed by atoms with van der Waals surface area (Å²) in [6.45, 7) is 7.43. The second-order valence-corrected chi connectivity index (χ2v) is 16.5. The highest BCUT2D eigenvalue weighted by Gasteiger charge is 2.30. The number of para-hydroxylation sites is 1. The Kier molecular flexibility index (Phi) is 8.57. The minimum atomic E-state index is -0.00966. The summed E-state index contributed by atoms with van der Waals surface area (Å²) in [6.07, 6.45) is 3.84. The largest absolute Gasteiger partial charge is 0.320 e. The first kappa shape index (κ1) is 34.7. The maximum atomic E-state index is 4.98. The number of aromatic nitrogens is 3. The van der Waals surface area contributed by atoms with Crippen LogP contribution in [0.3, 0.4) is 0 Å². The molecule has 0 amide bonds. The Labute approximate surface area is 337 Å². The number of benzene rings is 5. The van der Waals surface area contributed by atoms with Crippen LogP contribution in [-0.2, 0) is 5.41 Å². The molecule has 6 heteroatoms. The van der Waals surface area contributed by atoms with Crippen LogP contribution < -0.4 is 9.80 Å². The van der Waals surface area contributed by atoms with Crippen molar-refractivity contribution in [1.29, 1.82) is 0 Å². The van der Waals surface area contributed by atoms with E-state index in [1.807, 2.05) is 18.5 Å². The zero-order valence-corrected chi connectivity index (χ0v) is 33.0. The summed E-state index contributed by atoms with van der Waals surface area (Å²) in [7, 11) is 0. The van der Waals surface area contributed by atoms with Gasteiger partial charge in [-0.3, -0.25) is 4.57 Å². The van der Waals surface area contributed by atoms with Gasteiger partial charge in [0.15, 0.2) is 5.82 Å². The van der Waals surface area contributed by atoms with E-state index >= 15 is 0 Å². The first-order valence-electron chi connectivity index (χ1n) is 19.4. The van der Waals surface area contributed by atoms with Crippen LogP contribution in [0, 0.1) is 0 Å². The van der Waals surface area contributed by atoms with Gasteiger partial charge in [0, 0.05) is 29.2 Å². The van der Waals surface area contributed by atoms with Gasteiger partial charge in [-0.05, 0) is 110 Å². The van der Waals surface area contributed by atoms with Gasteiger partial charge in [-0.15, -0.1) is 11.3 Å². The zero-order chi connectivity index (χ0) is 38.5. The molecule has 0 radical (unpaired) electrons. The predicted molar refractivity (Wildman–Crippen MR) is 239 cm³/mol. The van der Waals surface area contributed by atoms with Crippen molar-refractivity contribution >= 4 is 66.5 Å². The average molecular weight is 756 g/mol. The fourth-order valence-electron chi connectivity index (χ4n) is 8.20. The summed E-state index contributed by atoms with van der Waals surface area (Å²) >= 11 is 1.79. The molecule has 1 aliphatic rings. The van der Waals surface area contributed by atoms with Crippen LogP contribution >= 0.6 is 11.3 Å². The topological polar surface area (TPSA) is 37.2 Å². The average Bonchev–Trinajstić information content (AvgIpc) is 3.97. The Balaban J connectivity index is 1.21. The van der Waals surface area contributed by atoms with Gasteiger partial charge in [0.1, 0.15) is 12.5 Å². The molecule has 0 spiro atoms. The minimum Gasteiger partial charge on any atom is -0.320 e. The number of anilines is 4. The van der Waals surface area contributed by atoms with Crippen molar-refractivity contribution in [3.05, 3.63) is 209 Å². The number of thiophene rings is 1. The summed E-state index contributed by atoms with van der Waals surface area (Å²) in [4.78, 5) is 14.6. The Morgan fingerprint density at radius 2 is 1.21 bits per heavy atom. The number of hydrogen-bond donors (Lipinski definition) is 0. The van der Waals surface area contributed by atoms with Gasteiger partial charge < -0.3 is 9.80 Å². The van der Waals surface area contributed by atoms with Crippen LogP contribution in [-0.4, -0.2) is 21.2 Å². The molecule has 0 fully saturated rings. The number of nitrogens with zero attached hydrogens (tertiary/aromatic N) is 5. The van der Waals surface area contributed by atoms with E-state index in [0.717, 1.165) is 62.0 Å². The van der Waals surface area contributed by atoms with Gasteiger partial charge in [-0.1, -0.05) is 124 Å². The fourth-order valence-corrected chi connectivity index (χ4v) is 9.11.